The summed E-state index contributed by atoms with van der Waals surface area (Å²) in [5.41, 5.74) is 0.787. The second kappa shape index (κ2) is 5.88. The predicted octanol–water partition coefficient (Wildman–Crippen LogP) is 3.23. The van der Waals surface area contributed by atoms with Crippen LogP contribution in [0.2, 0.25) is 0 Å². The number of rotatable bonds is 4. The van der Waals surface area contributed by atoms with Gasteiger partial charge in [0.2, 0.25) is 0 Å². The molecule has 5 heteroatoms. The zero-order chi connectivity index (χ0) is 14.7. The molecule has 3 N–H and O–H groups in total. The summed E-state index contributed by atoms with van der Waals surface area (Å²) in [6.45, 7) is 1.97. The van der Waals surface area contributed by atoms with Crippen LogP contribution >= 0.6 is 0 Å². The van der Waals surface area contributed by atoms with Gasteiger partial charge in [-0.3, -0.25) is 0 Å². The Kier molecular flexibility index (Phi) is 4.20. The number of phenols is 2. The molecule has 0 aromatic heterocycles. The summed E-state index contributed by atoms with van der Waals surface area (Å²) in [5, 5.41) is 21.8. The fraction of sp³-hybridized carbons (Fsp3) is 0.200. The van der Waals surface area contributed by atoms with Gasteiger partial charge in [0.25, 0.3) is 0 Å². The Morgan fingerprint density at radius 2 is 1.85 bits per heavy atom. The van der Waals surface area contributed by atoms with Crippen LogP contribution in [0.3, 0.4) is 0 Å². The van der Waals surface area contributed by atoms with E-state index in [4.69, 9.17) is 0 Å². The lowest BCUT2D eigenvalue weighted by Crippen LogP contribution is -2.19. The van der Waals surface area contributed by atoms with Crippen molar-refractivity contribution >= 4 is 0 Å². The molecule has 0 bridgehead atoms. The summed E-state index contributed by atoms with van der Waals surface area (Å²) >= 11 is 0. The minimum atomic E-state index is -0.498. The second-order valence-corrected chi connectivity index (χ2v) is 4.58. The fourth-order valence-corrected chi connectivity index (χ4v) is 1.92. The molecule has 0 spiro atoms. The van der Waals surface area contributed by atoms with E-state index in [1.165, 1.54) is 12.1 Å². The van der Waals surface area contributed by atoms with Crippen LogP contribution in [-0.2, 0) is 6.54 Å². The first-order chi connectivity index (χ1) is 9.47. The molecular formula is C15H15F2NO2. The van der Waals surface area contributed by atoms with Gasteiger partial charge in [0.1, 0.15) is 23.1 Å². The number of hydrogen-bond acceptors (Lipinski definition) is 3. The number of benzene rings is 2. The summed E-state index contributed by atoms with van der Waals surface area (Å²) in [4.78, 5) is 0. The van der Waals surface area contributed by atoms with E-state index in [-0.39, 0.29) is 23.6 Å². The molecule has 0 amide bonds. The Bertz CT molecular complexity index is 617. The van der Waals surface area contributed by atoms with Gasteiger partial charge in [0, 0.05) is 29.8 Å². The maximum absolute atomic E-state index is 13.6. The van der Waals surface area contributed by atoms with Crippen LogP contribution in [0, 0.1) is 11.6 Å². The van der Waals surface area contributed by atoms with Crippen molar-refractivity contribution in [2.75, 3.05) is 0 Å². The molecule has 20 heavy (non-hydrogen) atoms. The first-order valence-corrected chi connectivity index (χ1v) is 6.16. The third-order valence-electron chi connectivity index (χ3n) is 3.09. The minimum absolute atomic E-state index is 0.0320. The highest BCUT2D eigenvalue weighted by Gasteiger charge is 2.12. The van der Waals surface area contributed by atoms with Crippen molar-refractivity contribution in [2.24, 2.45) is 0 Å². The van der Waals surface area contributed by atoms with E-state index in [0.717, 1.165) is 18.2 Å². The number of hydrogen-bond donors (Lipinski definition) is 3. The molecule has 106 valence electrons. The average molecular weight is 279 g/mol. The Morgan fingerprint density at radius 3 is 2.55 bits per heavy atom. The van der Waals surface area contributed by atoms with Crippen LogP contribution in [0.1, 0.15) is 24.1 Å². The van der Waals surface area contributed by atoms with Crippen LogP contribution < -0.4 is 5.32 Å². The molecule has 0 saturated heterocycles. The minimum Gasteiger partial charge on any atom is -0.508 e. The highest BCUT2D eigenvalue weighted by Crippen LogP contribution is 2.24. The van der Waals surface area contributed by atoms with Gasteiger partial charge in [-0.05, 0) is 31.2 Å². The maximum Gasteiger partial charge on any atom is 0.128 e. The molecular weight excluding hydrogens is 264 g/mol. The monoisotopic (exact) mass is 279 g/mol. The van der Waals surface area contributed by atoms with E-state index < -0.39 is 17.7 Å². The Labute approximate surface area is 115 Å². The SMILES string of the molecule is CC(NCc1ccc(O)cc1O)c1cc(F)ccc1F. The van der Waals surface area contributed by atoms with Gasteiger partial charge >= 0.3 is 0 Å². The van der Waals surface area contributed by atoms with Crippen LogP contribution in [0.25, 0.3) is 0 Å². The van der Waals surface area contributed by atoms with Crippen molar-refractivity contribution in [3.63, 3.8) is 0 Å². The lowest BCUT2D eigenvalue weighted by molar-refractivity contribution is 0.440. The van der Waals surface area contributed by atoms with E-state index in [2.05, 4.69) is 5.32 Å². The molecule has 0 aliphatic heterocycles. The van der Waals surface area contributed by atoms with Crippen molar-refractivity contribution in [3.05, 3.63) is 59.2 Å². The lowest BCUT2D eigenvalue weighted by atomic mass is 10.1. The molecule has 2 rings (SSSR count). The molecule has 0 aliphatic carbocycles. The predicted molar refractivity (Wildman–Crippen MR) is 71.4 cm³/mol. The molecule has 0 heterocycles. The summed E-state index contributed by atoms with van der Waals surface area (Å²) in [5.74, 6) is -1.07. The molecule has 0 fully saturated rings. The zero-order valence-corrected chi connectivity index (χ0v) is 10.9. The van der Waals surface area contributed by atoms with E-state index in [0.29, 0.717) is 5.56 Å². The van der Waals surface area contributed by atoms with Gasteiger partial charge < -0.3 is 15.5 Å². The number of nitrogens with one attached hydrogen (secondary N) is 1. The Balaban J connectivity index is 2.08. The first kappa shape index (κ1) is 14.3. The molecule has 0 aliphatic rings. The van der Waals surface area contributed by atoms with Gasteiger partial charge in [-0.2, -0.15) is 0 Å². The van der Waals surface area contributed by atoms with Crippen molar-refractivity contribution in [1.82, 2.24) is 5.32 Å². The van der Waals surface area contributed by atoms with Gasteiger partial charge in [0.15, 0.2) is 0 Å². The highest BCUT2D eigenvalue weighted by molar-refractivity contribution is 5.38. The normalized spacial score (nSPS) is 12.3. The summed E-state index contributed by atoms with van der Waals surface area (Å²) in [6.07, 6.45) is 0. The van der Waals surface area contributed by atoms with Crippen molar-refractivity contribution in [2.45, 2.75) is 19.5 Å². The largest absolute Gasteiger partial charge is 0.508 e. The van der Waals surface area contributed by atoms with Crippen LogP contribution in [-0.4, -0.2) is 10.2 Å². The van der Waals surface area contributed by atoms with Gasteiger partial charge in [0.05, 0.1) is 0 Å². The molecule has 2 aromatic rings. The average Bonchev–Trinajstić information content (AvgIpc) is 2.40. The van der Waals surface area contributed by atoms with Gasteiger partial charge in [-0.15, -0.1) is 0 Å². The van der Waals surface area contributed by atoms with Crippen molar-refractivity contribution in [3.8, 4) is 11.5 Å². The molecule has 1 unspecified atom stereocenters. The van der Waals surface area contributed by atoms with E-state index >= 15 is 0 Å². The van der Waals surface area contributed by atoms with Crippen molar-refractivity contribution < 1.29 is 19.0 Å². The quantitative estimate of drug-likeness (QED) is 0.805. The number of halogens is 2. The van der Waals surface area contributed by atoms with E-state index in [1.807, 2.05) is 0 Å². The Hall–Kier alpha value is -2.14. The third-order valence-corrected chi connectivity index (χ3v) is 3.09. The van der Waals surface area contributed by atoms with Crippen LogP contribution in [0.5, 0.6) is 11.5 Å². The van der Waals surface area contributed by atoms with Crippen molar-refractivity contribution in [1.29, 1.82) is 0 Å². The zero-order valence-electron chi connectivity index (χ0n) is 10.9. The third kappa shape index (κ3) is 3.24. The second-order valence-electron chi connectivity index (χ2n) is 4.58. The van der Waals surface area contributed by atoms with E-state index in [9.17, 15) is 19.0 Å². The summed E-state index contributed by atoms with van der Waals surface area (Å²) in [6, 6.07) is 7.11. The molecule has 0 saturated carbocycles. The smallest absolute Gasteiger partial charge is 0.128 e. The van der Waals surface area contributed by atoms with Crippen LogP contribution in [0.4, 0.5) is 8.78 Å². The standard InChI is InChI=1S/C15H15F2NO2/c1-9(13-6-11(16)3-5-14(13)17)18-8-10-2-4-12(19)7-15(10)20/h2-7,9,18-20H,8H2,1H3. The van der Waals surface area contributed by atoms with Crippen LogP contribution in [0.15, 0.2) is 36.4 Å². The first-order valence-electron chi connectivity index (χ1n) is 6.16. The number of phenolic OH excluding ortho intramolecular Hbond substituents is 2. The molecule has 1 atom stereocenters. The topological polar surface area (TPSA) is 52.5 Å². The van der Waals surface area contributed by atoms with Gasteiger partial charge in [-0.1, -0.05) is 6.07 Å². The van der Waals surface area contributed by atoms with E-state index in [1.54, 1.807) is 13.0 Å². The molecule has 2 aromatic carbocycles. The molecule has 0 radical (unpaired) electrons. The van der Waals surface area contributed by atoms with Gasteiger partial charge in [-0.25, -0.2) is 8.78 Å². The summed E-state index contributed by atoms with van der Waals surface area (Å²) in [7, 11) is 0. The fourth-order valence-electron chi connectivity index (χ4n) is 1.92. The molecule has 3 nitrogen and oxygen atoms in total. The maximum atomic E-state index is 13.6. The highest BCUT2D eigenvalue weighted by atomic mass is 19.1. The Morgan fingerprint density at radius 1 is 1.10 bits per heavy atom. The lowest BCUT2D eigenvalue weighted by Gasteiger charge is -2.16. The summed E-state index contributed by atoms with van der Waals surface area (Å²) < 4.78 is 26.7. The number of aromatic hydroxyl groups is 2.